The summed E-state index contributed by atoms with van der Waals surface area (Å²) in [6, 6.07) is 23.7. The van der Waals surface area contributed by atoms with Crippen molar-refractivity contribution in [1.29, 1.82) is 0 Å². The number of nitrogens with one attached hydrogen (secondary N) is 1. The number of hydrogen-bond acceptors (Lipinski definition) is 5. The number of carbonyl (C=O) groups is 1. The largest absolute Gasteiger partial charge is 0.325 e. The Hall–Kier alpha value is -3.03. The second kappa shape index (κ2) is 8.77. The molecule has 0 aliphatic heterocycles. The molecule has 1 aromatic heterocycles. The van der Waals surface area contributed by atoms with Gasteiger partial charge in [0.2, 0.25) is 5.91 Å². The lowest BCUT2D eigenvalue weighted by atomic mass is 10.1. The van der Waals surface area contributed by atoms with E-state index in [-0.39, 0.29) is 29.4 Å². The van der Waals surface area contributed by atoms with Gasteiger partial charge in [0.25, 0.3) is 0 Å². The first-order valence-electron chi connectivity index (χ1n) is 9.55. The second-order valence-electron chi connectivity index (χ2n) is 6.82. The Bertz CT molecular complexity index is 1250. The molecule has 0 radical (unpaired) electrons. The van der Waals surface area contributed by atoms with Gasteiger partial charge < -0.3 is 5.32 Å². The minimum absolute atomic E-state index is 0.0655. The number of aromatic nitrogens is 1. The van der Waals surface area contributed by atoms with Gasteiger partial charge in [0.1, 0.15) is 5.01 Å². The van der Waals surface area contributed by atoms with Gasteiger partial charge in [-0.25, -0.2) is 13.4 Å². The van der Waals surface area contributed by atoms with Crippen LogP contribution in [0.1, 0.15) is 12.8 Å². The number of benzene rings is 3. The van der Waals surface area contributed by atoms with E-state index in [1.165, 1.54) is 0 Å². The molecule has 5 nitrogen and oxygen atoms in total. The minimum Gasteiger partial charge on any atom is -0.325 e. The third-order valence-corrected chi connectivity index (χ3v) is 7.53. The van der Waals surface area contributed by atoms with Gasteiger partial charge in [-0.3, -0.25) is 4.79 Å². The summed E-state index contributed by atoms with van der Waals surface area (Å²) in [6.07, 6.45) is 0.382. The van der Waals surface area contributed by atoms with Crippen molar-refractivity contribution in [2.75, 3.05) is 11.1 Å². The summed E-state index contributed by atoms with van der Waals surface area (Å²) in [5.41, 5.74) is 2.45. The van der Waals surface area contributed by atoms with Gasteiger partial charge in [-0.2, -0.15) is 0 Å². The molecule has 4 aromatic rings. The maximum absolute atomic E-state index is 12.5. The van der Waals surface area contributed by atoms with Crippen LogP contribution in [0.5, 0.6) is 0 Å². The van der Waals surface area contributed by atoms with Crippen LogP contribution in [0.25, 0.3) is 20.8 Å². The van der Waals surface area contributed by atoms with E-state index in [1.54, 1.807) is 41.7 Å². The van der Waals surface area contributed by atoms with Crippen LogP contribution in [0.4, 0.5) is 5.69 Å². The lowest BCUT2D eigenvalue weighted by molar-refractivity contribution is -0.116. The zero-order chi connectivity index (χ0) is 21.0. The van der Waals surface area contributed by atoms with Crippen molar-refractivity contribution < 1.29 is 13.2 Å². The molecular formula is C23H20N2O3S2. The average Bonchev–Trinajstić information content (AvgIpc) is 3.19. The molecule has 0 saturated heterocycles. The number of sulfone groups is 1. The number of thiazole rings is 1. The molecule has 1 N–H and O–H groups in total. The fraction of sp³-hybridized carbons (Fsp3) is 0.130. The summed E-state index contributed by atoms with van der Waals surface area (Å²) in [6.45, 7) is 0. The molecule has 0 saturated carbocycles. The Morgan fingerprint density at radius 2 is 1.60 bits per heavy atom. The van der Waals surface area contributed by atoms with Crippen molar-refractivity contribution in [2.45, 2.75) is 17.7 Å². The predicted octanol–water partition coefficient (Wildman–Crippen LogP) is 5.16. The number of hydrogen-bond donors (Lipinski definition) is 1. The van der Waals surface area contributed by atoms with Gasteiger partial charge in [0, 0.05) is 12.0 Å². The third kappa shape index (κ3) is 4.58. The van der Waals surface area contributed by atoms with Crippen molar-refractivity contribution in [3.05, 3.63) is 78.9 Å². The fourth-order valence-corrected chi connectivity index (χ4v) is 5.48. The molecule has 3 aromatic carbocycles. The van der Waals surface area contributed by atoms with Gasteiger partial charge in [-0.1, -0.05) is 42.5 Å². The van der Waals surface area contributed by atoms with Gasteiger partial charge in [-0.15, -0.1) is 11.3 Å². The van der Waals surface area contributed by atoms with Gasteiger partial charge in [0.05, 0.1) is 26.6 Å². The molecule has 4 rings (SSSR count). The average molecular weight is 437 g/mol. The first-order valence-corrected chi connectivity index (χ1v) is 12.0. The van der Waals surface area contributed by atoms with Crippen LogP contribution in [0.3, 0.4) is 0 Å². The molecule has 0 unspecified atom stereocenters. The lowest BCUT2D eigenvalue weighted by Crippen LogP contribution is -2.14. The molecular weight excluding hydrogens is 416 g/mol. The molecule has 1 heterocycles. The summed E-state index contributed by atoms with van der Waals surface area (Å²) >= 11 is 1.57. The summed E-state index contributed by atoms with van der Waals surface area (Å²) in [4.78, 5) is 17.4. The molecule has 0 atom stereocenters. The maximum Gasteiger partial charge on any atom is 0.224 e. The zero-order valence-corrected chi connectivity index (χ0v) is 17.7. The number of anilines is 1. The van der Waals surface area contributed by atoms with E-state index in [1.807, 2.05) is 48.5 Å². The van der Waals surface area contributed by atoms with Gasteiger partial charge in [-0.05, 0) is 42.8 Å². The van der Waals surface area contributed by atoms with Gasteiger partial charge in [0.15, 0.2) is 9.84 Å². The lowest BCUT2D eigenvalue weighted by Gasteiger charge is -2.09. The number of para-hydroxylation sites is 2. The summed E-state index contributed by atoms with van der Waals surface area (Å²) < 4.78 is 25.8. The molecule has 0 fully saturated rings. The fourth-order valence-electron chi connectivity index (χ4n) is 3.15. The molecule has 152 valence electrons. The molecule has 0 bridgehead atoms. The SMILES string of the molecule is O=C(CCCS(=O)(=O)c1ccccc1)Nc1ccccc1-c1nc2ccccc2s1. The third-order valence-electron chi connectivity index (χ3n) is 4.64. The van der Waals surface area contributed by atoms with Crippen molar-refractivity contribution in [3.63, 3.8) is 0 Å². The normalized spacial score (nSPS) is 11.5. The molecule has 0 aliphatic carbocycles. The first kappa shape index (κ1) is 20.3. The number of carbonyl (C=O) groups excluding carboxylic acids is 1. The van der Waals surface area contributed by atoms with Gasteiger partial charge >= 0.3 is 0 Å². The van der Waals surface area contributed by atoms with E-state index in [2.05, 4.69) is 10.3 Å². The Kier molecular flexibility index (Phi) is 5.92. The smallest absolute Gasteiger partial charge is 0.224 e. The van der Waals surface area contributed by atoms with E-state index >= 15 is 0 Å². The van der Waals surface area contributed by atoms with E-state index in [4.69, 9.17) is 0 Å². The monoisotopic (exact) mass is 436 g/mol. The van der Waals surface area contributed by atoms with Crippen molar-refractivity contribution >= 4 is 43.0 Å². The number of rotatable bonds is 7. The van der Waals surface area contributed by atoms with Crippen LogP contribution in [0.2, 0.25) is 0 Å². The van der Waals surface area contributed by atoms with E-state index < -0.39 is 9.84 Å². The highest BCUT2D eigenvalue weighted by Gasteiger charge is 2.16. The number of nitrogens with zero attached hydrogens (tertiary/aromatic N) is 1. The topological polar surface area (TPSA) is 76.1 Å². The first-order chi connectivity index (χ1) is 14.5. The predicted molar refractivity (Wildman–Crippen MR) is 121 cm³/mol. The quantitative estimate of drug-likeness (QED) is 0.434. The van der Waals surface area contributed by atoms with Crippen LogP contribution in [-0.4, -0.2) is 25.1 Å². The van der Waals surface area contributed by atoms with E-state index in [0.29, 0.717) is 5.69 Å². The Balaban J connectivity index is 1.43. The summed E-state index contributed by atoms with van der Waals surface area (Å²) in [7, 11) is -3.38. The Morgan fingerprint density at radius 1 is 0.900 bits per heavy atom. The van der Waals surface area contributed by atoms with Crippen LogP contribution >= 0.6 is 11.3 Å². The standard InChI is InChI=1S/C23H20N2O3S2/c26-22(15-8-16-30(27,28)17-9-2-1-3-10-17)24-19-12-5-4-11-18(19)23-25-20-13-6-7-14-21(20)29-23/h1-7,9-14H,8,15-16H2,(H,24,26). The maximum atomic E-state index is 12.5. The minimum atomic E-state index is -3.38. The summed E-state index contributed by atoms with van der Waals surface area (Å²) in [5, 5.41) is 3.74. The molecule has 7 heteroatoms. The van der Waals surface area contributed by atoms with Crippen molar-refractivity contribution in [1.82, 2.24) is 4.98 Å². The molecule has 0 spiro atoms. The highest BCUT2D eigenvalue weighted by molar-refractivity contribution is 7.91. The zero-order valence-electron chi connectivity index (χ0n) is 16.1. The Labute approximate surface area is 179 Å². The summed E-state index contributed by atoms with van der Waals surface area (Å²) in [5.74, 6) is -0.281. The van der Waals surface area contributed by atoms with E-state index in [0.717, 1.165) is 20.8 Å². The van der Waals surface area contributed by atoms with Crippen LogP contribution < -0.4 is 5.32 Å². The number of amides is 1. The highest BCUT2D eigenvalue weighted by Crippen LogP contribution is 2.34. The van der Waals surface area contributed by atoms with Crippen LogP contribution in [0, 0.1) is 0 Å². The van der Waals surface area contributed by atoms with Crippen molar-refractivity contribution in [3.8, 4) is 10.6 Å². The highest BCUT2D eigenvalue weighted by atomic mass is 32.2. The van der Waals surface area contributed by atoms with E-state index in [9.17, 15) is 13.2 Å². The van der Waals surface area contributed by atoms with Crippen LogP contribution in [-0.2, 0) is 14.6 Å². The molecule has 0 aliphatic rings. The number of fused-ring (bicyclic) bond motifs is 1. The van der Waals surface area contributed by atoms with Crippen LogP contribution in [0.15, 0.2) is 83.8 Å². The molecule has 1 amide bonds. The Morgan fingerprint density at radius 3 is 2.40 bits per heavy atom. The van der Waals surface area contributed by atoms with Crippen molar-refractivity contribution in [2.24, 2.45) is 0 Å². The second-order valence-corrected chi connectivity index (χ2v) is 9.96. The molecule has 30 heavy (non-hydrogen) atoms.